The molecule has 0 N–H and O–H groups in total. The van der Waals surface area contributed by atoms with Gasteiger partial charge >= 0.3 is 0 Å². The normalized spacial score (nSPS) is 27.3. The Morgan fingerprint density at radius 3 is 2.81 bits per heavy atom. The zero-order valence-electron chi connectivity index (χ0n) is 15.6. The fourth-order valence-corrected chi connectivity index (χ4v) is 6.81. The smallest absolute Gasteiger partial charge is 0.150 e. The van der Waals surface area contributed by atoms with E-state index in [0.717, 1.165) is 64.1 Å². The summed E-state index contributed by atoms with van der Waals surface area (Å²) in [6, 6.07) is 6.32. The van der Waals surface area contributed by atoms with Crippen molar-refractivity contribution in [3.63, 3.8) is 0 Å². The number of fused-ring (bicyclic) bond motifs is 2. The van der Waals surface area contributed by atoms with Crippen LogP contribution < -0.4 is 4.74 Å². The van der Waals surface area contributed by atoms with Crippen LogP contribution in [-0.2, 0) is 26.6 Å². The lowest BCUT2D eigenvalue weighted by molar-refractivity contribution is -0.0993. The molecule has 2 saturated heterocycles. The molecule has 4 rings (SSSR count). The lowest BCUT2D eigenvalue weighted by Crippen LogP contribution is -2.47. The van der Waals surface area contributed by atoms with Crippen molar-refractivity contribution in [1.82, 2.24) is 4.90 Å². The number of piperidine rings is 1. The van der Waals surface area contributed by atoms with Gasteiger partial charge in [0.05, 0.1) is 30.8 Å². The Hall–Kier alpha value is -1.11. The van der Waals surface area contributed by atoms with E-state index in [9.17, 15) is 8.42 Å². The number of hydrogen-bond donors (Lipinski definition) is 0. The molecule has 1 atom stereocenters. The van der Waals surface area contributed by atoms with Crippen LogP contribution in [0.5, 0.6) is 5.75 Å². The fourth-order valence-electron chi connectivity index (χ4n) is 4.90. The molecule has 1 unspecified atom stereocenters. The van der Waals surface area contributed by atoms with Gasteiger partial charge in [0.15, 0.2) is 9.84 Å². The van der Waals surface area contributed by atoms with E-state index < -0.39 is 9.84 Å². The van der Waals surface area contributed by atoms with E-state index in [1.54, 1.807) is 7.11 Å². The summed E-state index contributed by atoms with van der Waals surface area (Å²) < 4.78 is 35.3. The van der Waals surface area contributed by atoms with Gasteiger partial charge in [0, 0.05) is 18.7 Å². The van der Waals surface area contributed by atoms with Crippen molar-refractivity contribution in [2.24, 2.45) is 5.92 Å². The van der Waals surface area contributed by atoms with E-state index in [1.165, 1.54) is 11.1 Å². The second kappa shape index (κ2) is 7.13. The topological polar surface area (TPSA) is 55.8 Å². The van der Waals surface area contributed by atoms with Gasteiger partial charge < -0.3 is 14.4 Å². The van der Waals surface area contributed by atoms with Gasteiger partial charge in [0.2, 0.25) is 0 Å². The highest BCUT2D eigenvalue weighted by Crippen LogP contribution is 2.45. The first-order valence-corrected chi connectivity index (χ1v) is 11.6. The zero-order chi connectivity index (χ0) is 18.2. The number of nitrogens with zero attached hydrogens (tertiary/aromatic N) is 1. The molecule has 1 aromatic carbocycles. The Balaban J connectivity index is 1.40. The van der Waals surface area contributed by atoms with Crippen LogP contribution in [0.3, 0.4) is 0 Å². The van der Waals surface area contributed by atoms with Crippen molar-refractivity contribution in [3.8, 4) is 5.75 Å². The summed E-state index contributed by atoms with van der Waals surface area (Å²) in [6.07, 6.45) is 4.74. The van der Waals surface area contributed by atoms with Crippen LogP contribution >= 0.6 is 0 Å². The number of rotatable bonds is 4. The van der Waals surface area contributed by atoms with Crippen molar-refractivity contribution in [2.45, 2.75) is 37.7 Å². The molecule has 0 amide bonds. The Morgan fingerprint density at radius 1 is 1.31 bits per heavy atom. The van der Waals surface area contributed by atoms with Crippen LogP contribution in [0.1, 0.15) is 36.8 Å². The average molecular weight is 380 g/mol. The maximum atomic E-state index is 11.6. The molecule has 26 heavy (non-hydrogen) atoms. The molecule has 1 aromatic rings. The van der Waals surface area contributed by atoms with Crippen molar-refractivity contribution in [3.05, 3.63) is 29.3 Å². The van der Waals surface area contributed by atoms with Crippen LogP contribution in [0.15, 0.2) is 18.2 Å². The van der Waals surface area contributed by atoms with E-state index in [4.69, 9.17) is 9.47 Å². The predicted octanol–water partition coefficient (Wildman–Crippen LogP) is 2.38. The van der Waals surface area contributed by atoms with Crippen molar-refractivity contribution < 1.29 is 17.9 Å². The van der Waals surface area contributed by atoms with Crippen LogP contribution in [-0.4, -0.2) is 58.2 Å². The molecule has 144 valence electrons. The molecule has 3 heterocycles. The zero-order valence-corrected chi connectivity index (χ0v) is 16.4. The van der Waals surface area contributed by atoms with E-state index in [1.807, 2.05) is 6.07 Å². The standard InChI is InChI=1S/C20H29NO4S/c1-24-18-4-2-3-17-6-13-25-20(19(17)18)8-11-21(12-9-20)10-5-16-7-14-26(22,23)15-16/h2-4,16H,5-15H2,1H3. The molecule has 0 aliphatic carbocycles. The third kappa shape index (κ3) is 3.51. The lowest BCUT2D eigenvalue weighted by Gasteiger charge is -2.45. The summed E-state index contributed by atoms with van der Waals surface area (Å²) in [5.74, 6) is 2.07. The quantitative estimate of drug-likeness (QED) is 0.804. The molecular formula is C20H29NO4S. The van der Waals surface area contributed by atoms with Crippen LogP contribution in [0.2, 0.25) is 0 Å². The van der Waals surface area contributed by atoms with Crippen LogP contribution in [0.4, 0.5) is 0 Å². The summed E-state index contributed by atoms with van der Waals surface area (Å²) >= 11 is 0. The number of benzene rings is 1. The second-order valence-electron chi connectivity index (χ2n) is 7.99. The van der Waals surface area contributed by atoms with Crippen molar-refractivity contribution in [1.29, 1.82) is 0 Å². The van der Waals surface area contributed by atoms with Crippen molar-refractivity contribution in [2.75, 3.05) is 44.9 Å². The number of methoxy groups -OCH3 is 1. The van der Waals surface area contributed by atoms with Gasteiger partial charge in [0.25, 0.3) is 0 Å². The highest BCUT2D eigenvalue weighted by molar-refractivity contribution is 7.91. The minimum Gasteiger partial charge on any atom is -0.496 e. The monoisotopic (exact) mass is 379 g/mol. The average Bonchev–Trinajstić information content (AvgIpc) is 3.00. The summed E-state index contributed by atoms with van der Waals surface area (Å²) in [5, 5.41) is 0. The largest absolute Gasteiger partial charge is 0.496 e. The van der Waals surface area contributed by atoms with Gasteiger partial charge in [-0.25, -0.2) is 8.42 Å². The van der Waals surface area contributed by atoms with Gasteiger partial charge in [-0.3, -0.25) is 0 Å². The molecule has 0 saturated carbocycles. The van der Waals surface area contributed by atoms with Crippen molar-refractivity contribution >= 4 is 9.84 Å². The predicted molar refractivity (Wildman–Crippen MR) is 101 cm³/mol. The Bertz CT molecular complexity index is 739. The lowest BCUT2D eigenvalue weighted by atomic mass is 9.78. The molecule has 1 spiro atoms. The summed E-state index contributed by atoms with van der Waals surface area (Å²) in [7, 11) is -1.03. The molecule has 5 nitrogen and oxygen atoms in total. The van der Waals surface area contributed by atoms with Crippen LogP contribution in [0, 0.1) is 5.92 Å². The molecular weight excluding hydrogens is 350 g/mol. The number of hydrogen-bond acceptors (Lipinski definition) is 5. The minimum atomic E-state index is -2.76. The summed E-state index contributed by atoms with van der Waals surface area (Å²) in [4.78, 5) is 2.48. The minimum absolute atomic E-state index is 0.215. The van der Waals surface area contributed by atoms with E-state index >= 15 is 0 Å². The summed E-state index contributed by atoms with van der Waals surface area (Å²) in [5.41, 5.74) is 2.41. The first-order chi connectivity index (χ1) is 12.5. The highest BCUT2D eigenvalue weighted by atomic mass is 32.2. The van der Waals surface area contributed by atoms with Gasteiger partial charge in [-0.05, 0) is 56.2 Å². The SMILES string of the molecule is COc1cccc2c1C1(CCN(CCC3CCS(=O)(=O)C3)CC1)OCC2. The van der Waals surface area contributed by atoms with Gasteiger partial charge in [0.1, 0.15) is 5.75 Å². The first kappa shape index (κ1) is 18.3. The summed E-state index contributed by atoms with van der Waals surface area (Å²) in [6.45, 7) is 3.77. The maximum absolute atomic E-state index is 11.6. The molecule has 0 radical (unpaired) electrons. The third-order valence-electron chi connectivity index (χ3n) is 6.38. The number of sulfone groups is 1. The Morgan fingerprint density at radius 2 is 2.12 bits per heavy atom. The molecule has 0 bridgehead atoms. The second-order valence-corrected chi connectivity index (χ2v) is 10.2. The Labute approximate surface area is 156 Å². The molecule has 3 aliphatic heterocycles. The number of likely N-dealkylation sites (tertiary alicyclic amines) is 1. The Kier molecular flexibility index (Phi) is 5.01. The van der Waals surface area contributed by atoms with E-state index in [-0.39, 0.29) is 5.60 Å². The fraction of sp³-hybridized carbons (Fsp3) is 0.700. The molecule has 6 heteroatoms. The maximum Gasteiger partial charge on any atom is 0.150 e. The van der Waals surface area contributed by atoms with E-state index in [2.05, 4.69) is 17.0 Å². The highest BCUT2D eigenvalue weighted by Gasteiger charge is 2.43. The molecule has 0 aromatic heterocycles. The van der Waals surface area contributed by atoms with E-state index in [0.29, 0.717) is 17.4 Å². The molecule has 3 aliphatic rings. The van der Waals surface area contributed by atoms with Gasteiger partial charge in [-0.2, -0.15) is 0 Å². The van der Waals surface area contributed by atoms with Gasteiger partial charge in [-0.15, -0.1) is 0 Å². The van der Waals surface area contributed by atoms with Gasteiger partial charge in [-0.1, -0.05) is 12.1 Å². The molecule has 2 fully saturated rings. The first-order valence-electron chi connectivity index (χ1n) is 9.74. The van der Waals surface area contributed by atoms with Crippen LogP contribution in [0.25, 0.3) is 0 Å². The number of ether oxygens (including phenoxy) is 2. The third-order valence-corrected chi connectivity index (χ3v) is 8.22.